The van der Waals surface area contributed by atoms with E-state index in [1.807, 2.05) is 0 Å². The van der Waals surface area contributed by atoms with Crippen LogP contribution in [0.2, 0.25) is 0 Å². The first-order chi connectivity index (χ1) is 9.27. The van der Waals surface area contributed by atoms with E-state index < -0.39 is 0 Å². The van der Waals surface area contributed by atoms with Crippen molar-refractivity contribution in [1.82, 2.24) is 5.32 Å². The van der Waals surface area contributed by atoms with Crippen molar-refractivity contribution >= 4 is 5.69 Å². The highest BCUT2D eigenvalue weighted by Gasteiger charge is 2.20. The molecule has 1 aromatic carbocycles. The number of rotatable bonds is 5. The van der Waals surface area contributed by atoms with Crippen molar-refractivity contribution in [2.45, 2.75) is 39.2 Å². The Morgan fingerprint density at radius 3 is 2.63 bits per heavy atom. The Bertz CT molecular complexity index is 400. The molecule has 1 saturated heterocycles. The SMILES string of the molecule is CCNC(C)c1c(OC)cccc1N1CCCCC1. The Kier molecular flexibility index (Phi) is 5.08. The number of nitrogens with zero attached hydrogens (tertiary/aromatic N) is 1. The highest BCUT2D eigenvalue weighted by molar-refractivity contribution is 5.61. The quantitative estimate of drug-likeness (QED) is 0.880. The van der Waals surface area contributed by atoms with Gasteiger partial charge >= 0.3 is 0 Å². The Morgan fingerprint density at radius 2 is 2.00 bits per heavy atom. The maximum atomic E-state index is 5.58. The van der Waals surface area contributed by atoms with Crippen LogP contribution in [-0.4, -0.2) is 26.7 Å². The third-order valence-electron chi connectivity index (χ3n) is 3.90. The van der Waals surface area contributed by atoms with Gasteiger partial charge in [0.25, 0.3) is 0 Å². The lowest BCUT2D eigenvalue weighted by atomic mass is 10.0. The van der Waals surface area contributed by atoms with Crippen molar-refractivity contribution in [1.29, 1.82) is 0 Å². The van der Waals surface area contributed by atoms with E-state index in [0.717, 1.165) is 12.3 Å². The topological polar surface area (TPSA) is 24.5 Å². The van der Waals surface area contributed by atoms with E-state index in [0.29, 0.717) is 6.04 Å². The van der Waals surface area contributed by atoms with Gasteiger partial charge in [-0.2, -0.15) is 0 Å². The highest BCUT2D eigenvalue weighted by Crippen LogP contribution is 2.35. The average molecular weight is 262 g/mol. The Hall–Kier alpha value is -1.22. The lowest BCUT2D eigenvalue weighted by molar-refractivity contribution is 0.402. The summed E-state index contributed by atoms with van der Waals surface area (Å²) in [5.74, 6) is 0.997. The second kappa shape index (κ2) is 6.80. The molecule has 1 unspecified atom stereocenters. The molecule has 2 rings (SSSR count). The van der Waals surface area contributed by atoms with Gasteiger partial charge in [-0.1, -0.05) is 13.0 Å². The summed E-state index contributed by atoms with van der Waals surface area (Å²) in [5.41, 5.74) is 2.64. The normalized spacial score (nSPS) is 17.3. The van der Waals surface area contributed by atoms with Crippen LogP contribution in [0.3, 0.4) is 0 Å². The largest absolute Gasteiger partial charge is 0.496 e. The van der Waals surface area contributed by atoms with Gasteiger partial charge in [0.15, 0.2) is 0 Å². The average Bonchev–Trinajstić information content (AvgIpc) is 2.47. The predicted molar refractivity (Wildman–Crippen MR) is 81.1 cm³/mol. The van der Waals surface area contributed by atoms with Crippen LogP contribution in [0.15, 0.2) is 18.2 Å². The number of piperidine rings is 1. The fourth-order valence-corrected chi connectivity index (χ4v) is 2.96. The smallest absolute Gasteiger partial charge is 0.125 e. The molecular weight excluding hydrogens is 236 g/mol. The number of anilines is 1. The molecule has 0 saturated carbocycles. The molecule has 0 bridgehead atoms. The van der Waals surface area contributed by atoms with Crippen molar-refractivity contribution in [2.75, 3.05) is 31.6 Å². The van der Waals surface area contributed by atoms with E-state index in [1.165, 1.54) is 43.6 Å². The molecule has 0 spiro atoms. The fourth-order valence-electron chi connectivity index (χ4n) is 2.96. The summed E-state index contributed by atoms with van der Waals surface area (Å²) in [7, 11) is 1.76. The van der Waals surface area contributed by atoms with E-state index >= 15 is 0 Å². The highest BCUT2D eigenvalue weighted by atomic mass is 16.5. The molecule has 0 radical (unpaired) electrons. The minimum absolute atomic E-state index is 0.318. The summed E-state index contributed by atoms with van der Waals surface area (Å²) in [6.07, 6.45) is 3.96. The number of ether oxygens (including phenoxy) is 1. The van der Waals surface area contributed by atoms with Crippen LogP contribution in [0, 0.1) is 0 Å². The molecule has 1 fully saturated rings. The van der Waals surface area contributed by atoms with Gasteiger partial charge in [0.05, 0.1) is 7.11 Å². The molecule has 1 aliphatic heterocycles. The third-order valence-corrected chi connectivity index (χ3v) is 3.90. The van der Waals surface area contributed by atoms with Gasteiger partial charge in [-0.3, -0.25) is 0 Å². The van der Waals surface area contributed by atoms with E-state index in [2.05, 4.69) is 42.3 Å². The summed E-state index contributed by atoms with van der Waals surface area (Å²) in [5, 5.41) is 3.51. The number of benzene rings is 1. The van der Waals surface area contributed by atoms with Crippen molar-refractivity contribution in [3.63, 3.8) is 0 Å². The van der Waals surface area contributed by atoms with Crippen LogP contribution >= 0.6 is 0 Å². The van der Waals surface area contributed by atoms with Gasteiger partial charge in [-0.25, -0.2) is 0 Å². The van der Waals surface area contributed by atoms with Gasteiger partial charge in [0.1, 0.15) is 5.75 Å². The summed E-state index contributed by atoms with van der Waals surface area (Å²) in [6.45, 7) is 7.66. The molecule has 19 heavy (non-hydrogen) atoms. The molecule has 0 amide bonds. The molecule has 1 heterocycles. The maximum absolute atomic E-state index is 5.58. The van der Waals surface area contributed by atoms with Crippen LogP contribution in [0.5, 0.6) is 5.75 Å². The summed E-state index contributed by atoms with van der Waals surface area (Å²) < 4.78 is 5.58. The lowest BCUT2D eigenvalue weighted by Crippen LogP contribution is -2.31. The zero-order valence-corrected chi connectivity index (χ0v) is 12.4. The molecule has 1 aromatic rings. The molecule has 1 atom stereocenters. The van der Waals surface area contributed by atoms with Crippen molar-refractivity contribution in [3.05, 3.63) is 23.8 Å². The Labute approximate surface area is 116 Å². The third kappa shape index (κ3) is 3.21. The Balaban J connectivity index is 2.34. The zero-order valence-electron chi connectivity index (χ0n) is 12.4. The lowest BCUT2D eigenvalue weighted by Gasteiger charge is -2.32. The second-order valence-corrected chi connectivity index (χ2v) is 5.22. The van der Waals surface area contributed by atoms with Crippen LogP contribution in [0.4, 0.5) is 5.69 Å². The van der Waals surface area contributed by atoms with E-state index in [-0.39, 0.29) is 0 Å². The van der Waals surface area contributed by atoms with E-state index in [9.17, 15) is 0 Å². The van der Waals surface area contributed by atoms with E-state index in [1.54, 1.807) is 7.11 Å². The minimum atomic E-state index is 0.318. The number of hydrogen-bond donors (Lipinski definition) is 1. The van der Waals surface area contributed by atoms with Gasteiger partial charge < -0.3 is 15.0 Å². The number of nitrogens with one attached hydrogen (secondary N) is 1. The van der Waals surface area contributed by atoms with Crippen molar-refractivity contribution in [3.8, 4) is 5.75 Å². The molecule has 3 heteroatoms. The predicted octanol–water partition coefficient (Wildman–Crippen LogP) is 3.36. The minimum Gasteiger partial charge on any atom is -0.496 e. The van der Waals surface area contributed by atoms with Crippen LogP contribution in [0.25, 0.3) is 0 Å². The molecule has 1 N–H and O–H groups in total. The Morgan fingerprint density at radius 1 is 1.26 bits per heavy atom. The van der Waals surface area contributed by atoms with Crippen LogP contribution in [-0.2, 0) is 0 Å². The standard InChI is InChI=1S/C16H26N2O/c1-4-17-13(2)16-14(9-8-10-15(16)19-3)18-11-6-5-7-12-18/h8-10,13,17H,4-7,11-12H2,1-3H3. The second-order valence-electron chi connectivity index (χ2n) is 5.22. The monoisotopic (exact) mass is 262 g/mol. The first kappa shape index (κ1) is 14.2. The molecule has 0 aromatic heterocycles. The summed E-state index contributed by atoms with van der Waals surface area (Å²) in [4.78, 5) is 2.51. The number of hydrogen-bond acceptors (Lipinski definition) is 3. The molecular formula is C16H26N2O. The molecule has 0 aliphatic carbocycles. The summed E-state index contributed by atoms with van der Waals surface area (Å²) >= 11 is 0. The fraction of sp³-hybridized carbons (Fsp3) is 0.625. The maximum Gasteiger partial charge on any atom is 0.125 e. The zero-order chi connectivity index (χ0) is 13.7. The molecule has 106 valence electrons. The van der Waals surface area contributed by atoms with Gasteiger partial charge in [0, 0.05) is 30.4 Å². The molecule has 3 nitrogen and oxygen atoms in total. The first-order valence-corrected chi connectivity index (χ1v) is 7.43. The van der Waals surface area contributed by atoms with Crippen molar-refractivity contribution < 1.29 is 4.74 Å². The van der Waals surface area contributed by atoms with Gasteiger partial charge in [-0.05, 0) is 44.9 Å². The molecule has 1 aliphatic rings. The first-order valence-electron chi connectivity index (χ1n) is 7.43. The van der Waals surface area contributed by atoms with Crippen molar-refractivity contribution in [2.24, 2.45) is 0 Å². The van der Waals surface area contributed by atoms with Gasteiger partial charge in [-0.15, -0.1) is 0 Å². The van der Waals surface area contributed by atoms with Crippen LogP contribution < -0.4 is 15.0 Å². The van der Waals surface area contributed by atoms with Gasteiger partial charge in [0.2, 0.25) is 0 Å². The number of methoxy groups -OCH3 is 1. The van der Waals surface area contributed by atoms with Crippen LogP contribution in [0.1, 0.15) is 44.7 Å². The van der Waals surface area contributed by atoms with E-state index in [4.69, 9.17) is 4.74 Å². The summed E-state index contributed by atoms with van der Waals surface area (Å²) in [6, 6.07) is 6.72.